The third kappa shape index (κ3) is 4.51. The van der Waals surface area contributed by atoms with Gasteiger partial charge >= 0.3 is 5.97 Å². The molecule has 0 N–H and O–H groups in total. The molecule has 0 spiro atoms. The summed E-state index contributed by atoms with van der Waals surface area (Å²) < 4.78 is 4.72. The average Bonchev–Trinajstić information content (AvgIpc) is 2.45. The summed E-state index contributed by atoms with van der Waals surface area (Å²) in [6.07, 6.45) is 5.99. The largest absolute Gasteiger partial charge is 0.469 e. The molecule has 0 aromatic carbocycles. The van der Waals surface area contributed by atoms with Crippen molar-refractivity contribution in [2.45, 2.75) is 58.8 Å². The van der Waals surface area contributed by atoms with E-state index in [4.69, 9.17) is 4.74 Å². The molecule has 0 aromatic rings. The van der Waals surface area contributed by atoms with E-state index < -0.39 is 0 Å². The van der Waals surface area contributed by atoms with Crippen LogP contribution in [0.1, 0.15) is 58.8 Å². The fraction of sp³-hybridized carbons (Fsp3) is 0.867. The second-order valence-corrected chi connectivity index (χ2v) is 5.60. The molecule has 0 aliphatic carbocycles. The SMILES string of the molecule is CCCCN1CC(CC)(CCC(=O)OC)CCC1=O. The van der Waals surface area contributed by atoms with E-state index in [-0.39, 0.29) is 17.3 Å². The van der Waals surface area contributed by atoms with Crippen molar-refractivity contribution in [1.82, 2.24) is 4.90 Å². The van der Waals surface area contributed by atoms with E-state index in [1.54, 1.807) is 0 Å². The highest BCUT2D eigenvalue weighted by Gasteiger charge is 2.37. The van der Waals surface area contributed by atoms with E-state index in [9.17, 15) is 9.59 Å². The Balaban J connectivity index is 2.61. The lowest BCUT2D eigenvalue weighted by Gasteiger charge is -2.42. The Labute approximate surface area is 116 Å². The highest BCUT2D eigenvalue weighted by atomic mass is 16.5. The van der Waals surface area contributed by atoms with E-state index >= 15 is 0 Å². The minimum atomic E-state index is -0.148. The van der Waals surface area contributed by atoms with Crippen LogP contribution in [0, 0.1) is 5.41 Å². The van der Waals surface area contributed by atoms with E-state index in [2.05, 4.69) is 13.8 Å². The molecule has 0 aromatic heterocycles. The molecule has 4 nitrogen and oxygen atoms in total. The van der Waals surface area contributed by atoms with Gasteiger partial charge in [0.25, 0.3) is 0 Å². The van der Waals surface area contributed by atoms with Crippen LogP contribution in [0.2, 0.25) is 0 Å². The van der Waals surface area contributed by atoms with E-state index in [0.29, 0.717) is 12.8 Å². The van der Waals surface area contributed by atoms with Crippen molar-refractivity contribution in [2.24, 2.45) is 5.41 Å². The molecule has 1 unspecified atom stereocenters. The van der Waals surface area contributed by atoms with Gasteiger partial charge in [-0.3, -0.25) is 9.59 Å². The highest BCUT2D eigenvalue weighted by molar-refractivity contribution is 5.77. The summed E-state index contributed by atoms with van der Waals surface area (Å²) in [5.41, 5.74) is 0.107. The maximum atomic E-state index is 11.9. The number of esters is 1. The molecule has 19 heavy (non-hydrogen) atoms. The number of ether oxygens (including phenoxy) is 1. The van der Waals surface area contributed by atoms with Gasteiger partial charge in [0, 0.05) is 25.9 Å². The van der Waals surface area contributed by atoms with Crippen LogP contribution in [-0.4, -0.2) is 37.0 Å². The first-order valence-electron chi connectivity index (χ1n) is 7.41. The Morgan fingerprint density at radius 1 is 1.42 bits per heavy atom. The van der Waals surface area contributed by atoms with Gasteiger partial charge in [0.1, 0.15) is 0 Å². The van der Waals surface area contributed by atoms with Gasteiger partial charge < -0.3 is 9.64 Å². The number of unbranched alkanes of at least 4 members (excludes halogenated alkanes) is 1. The van der Waals surface area contributed by atoms with E-state index in [1.165, 1.54) is 7.11 Å². The molecule has 0 bridgehead atoms. The molecule has 1 atom stereocenters. The summed E-state index contributed by atoms with van der Waals surface area (Å²) >= 11 is 0. The zero-order valence-electron chi connectivity index (χ0n) is 12.5. The lowest BCUT2D eigenvalue weighted by Crippen LogP contribution is -2.46. The minimum Gasteiger partial charge on any atom is -0.469 e. The Bertz CT molecular complexity index is 317. The number of carbonyl (C=O) groups is 2. The van der Waals surface area contributed by atoms with E-state index in [0.717, 1.165) is 45.2 Å². The molecule has 110 valence electrons. The number of nitrogens with zero attached hydrogens (tertiary/aromatic N) is 1. The number of methoxy groups -OCH3 is 1. The molecule has 1 aliphatic rings. The van der Waals surface area contributed by atoms with Gasteiger partial charge in [-0.05, 0) is 31.1 Å². The summed E-state index contributed by atoms with van der Waals surface area (Å²) in [5, 5.41) is 0. The van der Waals surface area contributed by atoms with Crippen LogP contribution in [0.3, 0.4) is 0 Å². The van der Waals surface area contributed by atoms with Crippen LogP contribution in [0.4, 0.5) is 0 Å². The lowest BCUT2D eigenvalue weighted by molar-refractivity contribution is -0.142. The van der Waals surface area contributed by atoms with Crippen LogP contribution in [0.25, 0.3) is 0 Å². The maximum Gasteiger partial charge on any atom is 0.305 e. The average molecular weight is 269 g/mol. The number of rotatable bonds is 7. The van der Waals surface area contributed by atoms with Gasteiger partial charge in [0.05, 0.1) is 7.11 Å². The van der Waals surface area contributed by atoms with Gasteiger partial charge in [0.15, 0.2) is 0 Å². The first kappa shape index (κ1) is 16.0. The summed E-state index contributed by atoms with van der Waals surface area (Å²) in [4.78, 5) is 25.3. The van der Waals surface area contributed by atoms with Crippen molar-refractivity contribution >= 4 is 11.9 Å². The van der Waals surface area contributed by atoms with Crippen molar-refractivity contribution in [3.63, 3.8) is 0 Å². The summed E-state index contributed by atoms with van der Waals surface area (Å²) in [6.45, 7) is 5.96. The second kappa shape index (κ2) is 7.51. The van der Waals surface area contributed by atoms with Crippen LogP contribution in [0.15, 0.2) is 0 Å². The molecular formula is C15H27NO3. The molecule has 0 saturated carbocycles. The molecule has 4 heteroatoms. The second-order valence-electron chi connectivity index (χ2n) is 5.60. The molecule has 1 amide bonds. The van der Waals surface area contributed by atoms with Crippen molar-refractivity contribution in [3.05, 3.63) is 0 Å². The molecule has 1 aliphatic heterocycles. The first-order chi connectivity index (χ1) is 9.06. The number of carbonyl (C=O) groups excluding carboxylic acids is 2. The van der Waals surface area contributed by atoms with Crippen molar-refractivity contribution in [2.75, 3.05) is 20.2 Å². The first-order valence-corrected chi connectivity index (χ1v) is 7.41. The Morgan fingerprint density at radius 2 is 2.16 bits per heavy atom. The fourth-order valence-electron chi connectivity index (χ4n) is 2.79. The highest BCUT2D eigenvalue weighted by Crippen LogP contribution is 2.38. The molecule has 1 saturated heterocycles. The van der Waals surface area contributed by atoms with E-state index in [1.807, 2.05) is 4.90 Å². The normalized spacial score (nSPS) is 23.5. The van der Waals surface area contributed by atoms with Gasteiger partial charge in [-0.1, -0.05) is 20.3 Å². The third-order valence-electron chi connectivity index (χ3n) is 4.37. The fourth-order valence-corrected chi connectivity index (χ4v) is 2.79. The smallest absolute Gasteiger partial charge is 0.305 e. The quantitative estimate of drug-likeness (QED) is 0.668. The number of hydrogen-bond donors (Lipinski definition) is 0. The van der Waals surface area contributed by atoms with Gasteiger partial charge in [-0.2, -0.15) is 0 Å². The molecule has 1 fully saturated rings. The van der Waals surface area contributed by atoms with Crippen molar-refractivity contribution in [3.8, 4) is 0 Å². The maximum absolute atomic E-state index is 11.9. The molecule has 1 heterocycles. The monoisotopic (exact) mass is 269 g/mol. The van der Waals surface area contributed by atoms with Gasteiger partial charge in [-0.25, -0.2) is 0 Å². The number of piperidine rings is 1. The Kier molecular flexibility index (Phi) is 6.32. The van der Waals surface area contributed by atoms with Crippen LogP contribution >= 0.6 is 0 Å². The molecule has 1 rings (SSSR count). The predicted octanol–water partition coefficient (Wildman–Crippen LogP) is 2.76. The third-order valence-corrected chi connectivity index (χ3v) is 4.37. The molecular weight excluding hydrogens is 242 g/mol. The van der Waals surface area contributed by atoms with Gasteiger partial charge in [-0.15, -0.1) is 0 Å². The minimum absolute atomic E-state index is 0.107. The van der Waals surface area contributed by atoms with Crippen LogP contribution < -0.4 is 0 Å². The zero-order chi connectivity index (χ0) is 14.3. The number of likely N-dealkylation sites (tertiary alicyclic amines) is 1. The van der Waals surface area contributed by atoms with Crippen LogP contribution in [-0.2, 0) is 14.3 Å². The van der Waals surface area contributed by atoms with Gasteiger partial charge in [0.2, 0.25) is 5.91 Å². The van der Waals surface area contributed by atoms with Crippen molar-refractivity contribution in [1.29, 1.82) is 0 Å². The molecule has 0 radical (unpaired) electrons. The van der Waals surface area contributed by atoms with Crippen molar-refractivity contribution < 1.29 is 14.3 Å². The lowest BCUT2D eigenvalue weighted by atomic mass is 9.74. The Hall–Kier alpha value is -1.06. The topological polar surface area (TPSA) is 46.6 Å². The standard InChI is InChI=1S/C15H27NO3/c1-4-6-11-16-12-15(5-2,9-7-13(16)17)10-8-14(18)19-3/h4-12H2,1-3H3. The summed E-state index contributed by atoms with van der Waals surface area (Å²) in [7, 11) is 1.43. The Morgan fingerprint density at radius 3 is 2.74 bits per heavy atom. The summed E-state index contributed by atoms with van der Waals surface area (Å²) in [6, 6.07) is 0. The van der Waals surface area contributed by atoms with Crippen LogP contribution in [0.5, 0.6) is 0 Å². The zero-order valence-corrected chi connectivity index (χ0v) is 12.5. The summed E-state index contributed by atoms with van der Waals surface area (Å²) in [5.74, 6) is 0.125. The number of hydrogen-bond acceptors (Lipinski definition) is 3. The predicted molar refractivity (Wildman–Crippen MR) is 74.7 cm³/mol. The number of amides is 1.